The number of nitrogens with zero attached hydrogens (tertiary/aromatic N) is 1. The molecular formula is C21H26F3N3O4. The maximum absolute atomic E-state index is 12.6. The number of aliphatic hydroxyl groups is 1. The Balaban J connectivity index is 1.53. The third kappa shape index (κ3) is 6.44. The number of piperidine rings is 1. The summed E-state index contributed by atoms with van der Waals surface area (Å²) in [7, 11) is 0. The van der Waals surface area contributed by atoms with E-state index in [4.69, 9.17) is 4.74 Å². The van der Waals surface area contributed by atoms with Crippen molar-refractivity contribution in [2.75, 3.05) is 25.0 Å². The van der Waals surface area contributed by atoms with Gasteiger partial charge in [0, 0.05) is 18.8 Å². The molecule has 1 aromatic carbocycles. The van der Waals surface area contributed by atoms with Gasteiger partial charge in [-0.3, -0.25) is 4.79 Å². The molecule has 1 saturated heterocycles. The topological polar surface area (TPSA) is 90.9 Å². The van der Waals surface area contributed by atoms with Gasteiger partial charge in [-0.25, -0.2) is 4.79 Å². The molecule has 31 heavy (non-hydrogen) atoms. The number of alkyl halides is 3. The number of urea groups is 1. The van der Waals surface area contributed by atoms with Crippen LogP contribution in [-0.4, -0.2) is 59.9 Å². The number of rotatable bonds is 5. The highest BCUT2D eigenvalue weighted by molar-refractivity contribution is 5.89. The average molecular weight is 441 g/mol. The quantitative estimate of drug-likeness (QED) is 0.613. The number of anilines is 1. The molecule has 1 aromatic rings. The van der Waals surface area contributed by atoms with Crippen LogP contribution in [0.15, 0.2) is 36.4 Å². The van der Waals surface area contributed by atoms with Crippen molar-refractivity contribution in [3.05, 3.63) is 42.0 Å². The van der Waals surface area contributed by atoms with Crippen LogP contribution in [0.3, 0.4) is 0 Å². The van der Waals surface area contributed by atoms with E-state index in [0.717, 1.165) is 56.6 Å². The zero-order chi connectivity index (χ0) is 22.4. The van der Waals surface area contributed by atoms with Crippen LogP contribution in [0.5, 0.6) is 0 Å². The third-order valence-corrected chi connectivity index (χ3v) is 5.32. The SMILES string of the molecule is O=C(Nc1ccc(C(F)(F)F)cc1)N[C@H]1C=C[C@@H](CC(=O)N2CCCCC2)O[C@@H]1CO. The molecule has 3 rings (SSSR count). The van der Waals surface area contributed by atoms with Gasteiger partial charge >= 0.3 is 12.2 Å². The average Bonchev–Trinajstić information content (AvgIpc) is 2.75. The summed E-state index contributed by atoms with van der Waals surface area (Å²) in [4.78, 5) is 26.4. The van der Waals surface area contributed by atoms with Crippen molar-refractivity contribution in [3.63, 3.8) is 0 Å². The highest BCUT2D eigenvalue weighted by Crippen LogP contribution is 2.29. The van der Waals surface area contributed by atoms with Crippen LogP contribution < -0.4 is 10.6 Å². The monoisotopic (exact) mass is 441 g/mol. The number of halogens is 3. The summed E-state index contributed by atoms with van der Waals surface area (Å²) in [5.74, 6) is -0.00232. The number of benzene rings is 1. The van der Waals surface area contributed by atoms with Crippen LogP contribution in [0.2, 0.25) is 0 Å². The van der Waals surface area contributed by atoms with Crippen molar-refractivity contribution in [1.82, 2.24) is 10.2 Å². The minimum absolute atomic E-state index is 0.00232. The van der Waals surface area contributed by atoms with Crippen molar-refractivity contribution in [3.8, 4) is 0 Å². The van der Waals surface area contributed by atoms with Crippen molar-refractivity contribution in [2.24, 2.45) is 0 Å². The molecule has 170 valence electrons. The maximum Gasteiger partial charge on any atom is 0.416 e. The Morgan fingerprint density at radius 1 is 1.10 bits per heavy atom. The maximum atomic E-state index is 12.6. The molecule has 10 heteroatoms. The summed E-state index contributed by atoms with van der Waals surface area (Å²) in [6.45, 7) is 1.12. The van der Waals surface area contributed by atoms with Crippen LogP contribution in [0.25, 0.3) is 0 Å². The van der Waals surface area contributed by atoms with Crippen LogP contribution >= 0.6 is 0 Å². The Morgan fingerprint density at radius 2 is 1.77 bits per heavy atom. The molecule has 1 fully saturated rings. The van der Waals surface area contributed by atoms with Gasteiger partial charge in [0.25, 0.3) is 0 Å². The van der Waals surface area contributed by atoms with Gasteiger partial charge in [0.05, 0.1) is 30.7 Å². The number of hydrogen-bond donors (Lipinski definition) is 3. The van der Waals surface area contributed by atoms with E-state index in [1.165, 1.54) is 0 Å². The largest absolute Gasteiger partial charge is 0.416 e. The van der Waals surface area contributed by atoms with E-state index < -0.39 is 36.0 Å². The summed E-state index contributed by atoms with van der Waals surface area (Å²) < 4.78 is 43.6. The first-order valence-electron chi connectivity index (χ1n) is 10.2. The number of likely N-dealkylation sites (tertiary alicyclic amines) is 1. The molecule has 0 aromatic heterocycles. The fourth-order valence-electron chi connectivity index (χ4n) is 3.64. The van der Waals surface area contributed by atoms with Gasteiger partial charge in [-0.1, -0.05) is 12.2 Å². The Bertz CT molecular complexity index is 792. The zero-order valence-electron chi connectivity index (χ0n) is 16.9. The van der Waals surface area contributed by atoms with Crippen LogP contribution in [0, 0.1) is 0 Å². The van der Waals surface area contributed by atoms with Crippen molar-refractivity contribution >= 4 is 17.6 Å². The summed E-state index contributed by atoms with van der Waals surface area (Å²) in [5.41, 5.74) is -0.621. The summed E-state index contributed by atoms with van der Waals surface area (Å²) in [6.07, 6.45) is 0.909. The van der Waals surface area contributed by atoms with E-state index in [9.17, 15) is 27.9 Å². The lowest BCUT2D eigenvalue weighted by atomic mass is 10.0. The number of amides is 3. The Labute approximate surface area is 178 Å². The molecule has 3 atom stereocenters. The number of aliphatic hydroxyl groups excluding tert-OH is 1. The Hall–Kier alpha value is -2.59. The number of carbonyl (C=O) groups is 2. The highest BCUT2D eigenvalue weighted by Gasteiger charge is 2.31. The minimum atomic E-state index is -4.45. The second-order valence-electron chi connectivity index (χ2n) is 7.63. The lowest BCUT2D eigenvalue weighted by molar-refractivity contribution is -0.138. The van der Waals surface area contributed by atoms with E-state index in [0.29, 0.717) is 0 Å². The molecule has 3 amide bonds. The van der Waals surface area contributed by atoms with Gasteiger partial charge in [0.2, 0.25) is 5.91 Å². The first kappa shape index (κ1) is 23.1. The van der Waals surface area contributed by atoms with E-state index in [1.807, 2.05) is 4.90 Å². The summed E-state index contributed by atoms with van der Waals surface area (Å²) in [5, 5.41) is 14.7. The molecule has 7 nitrogen and oxygen atoms in total. The van der Waals surface area contributed by atoms with Gasteiger partial charge in [0.1, 0.15) is 6.10 Å². The van der Waals surface area contributed by atoms with Gasteiger partial charge in [-0.2, -0.15) is 13.2 Å². The van der Waals surface area contributed by atoms with Crippen molar-refractivity contribution in [1.29, 1.82) is 0 Å². The lowest BCUT2D eigenvalue weighted by Crippen LogP contribution is -2.50. The minimum Gasteiger partial charge on any atom is -0.394 e. The van der Waals surface area contributed by atoms with Gasteiger partial charge in [-0.05, 0) is 43.5 Å². The molecule has 0 bridgehead atoms. The van der Waals surface area contributed by atoms with Crippen molar-refractivity contribution < 1.29 is 32.6 Å². The predicted molar refractivity (Wildman–Crippen MR) is 107 cm³/mol. The van der Waals surface area contributed by atoms with Crippen LogP contribution in [-0.2, 0) is 15.7 Å². The highest BCUT2D eigenvalue weighted by atomic mass is 19.4. The molecular weight excluding hydrogens is 415 g/mol. The second-order valence-corrected chi connectivity index (χ2v) is 7.63. The number of hydrogen-bond acceptors (Lipinski definition) is 4. The fraction of sp³-hybridized carbons (Fsp3) is 0.524. The van der Waals surface area contributed by atoms with E-state index in [-0.39, 0.29) is 24.6 Å². The smallest absolute Gasteiger partial charge is 0.394 e. The Morgan fingerprint density at radius 3 is 2.39 bits per heavy atom. The first-order valence-corrected chi connectivity index (χ1v) is 10.2. The predicted octanol–water partition coefficient (Wildman–Crippen LogP) is 2.91. The molecule has 3 N–H and O–H groups in total. The van der Waals surface area contributed by atoms with Crippen LogP contribution in [0.1, 0.15) is 31.2 Å². The molecule has 0 radical (unpaired) electrons. The molecule has 2 heterocycles. The second kappa shape index (κ2) is 10.1. The molecule has 2 aliphatic rings. The number of nitrogens with one attached hydrogen (secondary N) is 2. The van der Waals surface area contributed by atoms with E-state index in [1.54, 1.807) is 12.2 Å². The molecule has 0 aliphatic carbocycles. The summed E-state index contributed by atoms with van der Waals surface area (Å²) in [6, 6.07) is 2.75. The molecule has 0 spiro atoms. The van der Waals surface area contributed by atoms with Gasteiger partial charge in [-0.15, -0.1) is 0 Å². The molecule has 0 saturated carbocycles. The first-order chi connectivity index (χ1) is 14.8. The standard InChI is InChI=1S/C21H26F3N3O4/c22-21(23,24)14-4-6-15(7-5-14)25-20(30)26-17-9-8-16(31-18(17)13-28)12-19(29)27-10-2-1-3-11-27/h4-9,16-18,28H,1-3,10-13H2,(H2,25,26,30)/t16-,17-,18+/m0/s1. The number of ether oxygens (including phenoxy) is 1. The van der Waals surface area contributed by atoms with Crippen molar-refractivity contribution in [2.45, 2.75) is 50.1 Å². The zero-order valence-corrected chi connectivity index (χ0v) is 16.9. The Kier molecular flexibility index (Phi) is 7.55. The molecule has 0 unspecified atom stereocenters. The third-order valence-electron chi connectivity index (χ3n) is 5.32. The fourth-order valence-corrected chi connectivity index (χ4v) is 3.64. The van der Waals surface area contributed by atoms with E-state index >= 15 is 0 Å². The van der Waals surface area contributed by atoms with Gasteiger partial charge < -0.3 is 25.4 Å². The molecule has 2 aliphatic heterocycles. The lowest BCUT2D eigenvalue weighted by Gasteiger charge is -2.33. The van der Waals surface area contributed by atoms with E-state index in [2.05, 4.69) is 10.6 Å². The number of carbonyl (C=O) groups excluding carboxylic acids is 2. The van der Waals surface area contributed by atoms with Crippen LogP contribution in [0.4, 0.5) is 23.7 Å². The normalized spacial score (nSPS) is 24.0. The summed E-state index contributed by atoms with van der Waals surface area (Å²) >= 11 is 0. The van der Waals surface area contributed by atoms with Gasteiger partial charge in [0.15, 0.2) is 0 Å².